The lowest BCUT2D eigenvalue weighted by Crippen LogP contribution is -2.23. The lowest BCUT2D eigenvalue weighted by atomic mass is 10.3. The van der Waals surface area contributed by atoms with Crippen LogP contribution in [0.2, 0.25) is 0 Å². The molecule has 0 bridgehead atoms. The number of hydrogen-bond acceptors (Lipinski definition) is 4. The number of esters is 2. The molecule has 0 aromatic carbocycles. The minimum atomic E-state index is -0.352. The molecule has 0 rings (SSSR count). The van der Waals surface area contributed by atoms with Gasteiger partial charge in [-0.05, 0) is 12.8 Å². The van der Waals surface area contributed by atoms with Gasteiger partial charge >= 0.3 is 11.9 Å². The molecule has 0 amide bonds. The molecule has 82 valence electrons. The predicted molar refractivity (Wildman–Crippen MR) is 51.7 cm³/mol. The van der Waals surface area contributed by atoms with E-state index in [0.717, 1.165) is 6.42 Å². The Bertz CT molecular complexity index is 189. The third-order valence-corrected chi connectivity index (χ3v) is 1.68. The van der Waals surface area contributed by atoms with Gasteiger partial charge in [-0.3, -0.25) is 9.59 Å². The summed E-state index contributed by atoms with van der Waals surface area (Å²) in [7, 11) is 0. The number of rotatable bonds is 6. The average molecular weight is 202 g/mol. The highest BCUT2D eigenvalue weighted by Crippen LogP contribution is 2.02. The van der Waals surface area contributed by atoms with Crippen LogP contribution in [-0.2, 0) is 19.1 Å². The first kappa shape index (κ1) is 12.9. The smallest absolute Gasteiger partial charge is 0.306 e. The summed E-state index contributed by atoms with van der Waals surface area (Å²) >= 11 is 0. The summed E-state index contributed by atoms with van der Waals surface area (Å²) in [5.74, 6) is -0.582. The summed E-state index contributed by atoms with van der Waals surface area (Å²) in [5.41, 5.74) is 0. The Balaban J connectivity index is 3.78. The third-order valence-electron chi connectivity index (χ3n) is 1.68. The maximum atomic E-state index is 11.1. The summed E-state index contributed by atoms with van der Waals surface area (Å²) < 4.78 is 9.83. The van der Waals surface area contributed by atoms with Crippen molar-refractivity contribution in [3.05, 3.63) is 0 Å². The molecule has 0 aromatic rings. The molecular formula is C10H18O4. The Kier molecular flexibility index (Phi) is 6.80. The largest absolute Gasteiger partial charge is 0.462 e. The van der Waals surface area contributed by atoms with Crippen molar-refractivity contribution in [1.29, 1.82) is 0 Å². The Morgan fingerprint density at radius 2 is 1.93 bits per heavy atom. The summed E-state index contributed by atoms with van der Waals surface area (Å²) in [4.78, 5) is 21.6. The van der Waals surface area contributed by atoms with Gasteiger partial charge < -0.3 is 9.47 Å². The molecule has 4 nitrogen and oxygen atoms in total. The van der Waals surface area contributed by atoms with Gasteiger partial charge in [0.15, 0.2) is 0 Å². The van der Waals surface area contributed by atoms with Gasteiger partial charge in [0.05, 0.1) is 0 Å². The van der Waals surface area contributed by atoms with Crippen molar-refractivity contribution < 1.29 is 19.1 Å². The minimum Gasteiger partial charge on any atom is -0.462 e. The van der Waals surface area contributed by atoms with Crippen molar-refractivity contribution in [2.24, 2.45) is 0 Å². The fourth-order valence-corrected chi connectivity index (χ4v) is 0.894. The first-order valence-corrected chi connectivity index (χ1v) is 4.93. The maximum absolute atomic E-state index is 11.1. The van der Waals surface area contributed by atoms with Gasteiger partial charge in [0.1, 0.15) is 12.7 Å². The van der Waals surface area contributed by atoms with Crippen LogP contribution in [0, 0.1) is 0 Å². The number of ether oxygens (including phenoxy) is 2. The highest BCUT2D eigenvalue weighted by atomic mass is 16.6. The number of hydrogen-bond donors (Lipinski definition) is 0. The molecule has 1 atom stereocenters. The molecule has 0 aliphatic rings. The van der Waals surface area contributed by atoms with Crippen LogP contribution in [0.25, 0.3) is 0 Å². The monoisotopic (exact) mass is 202 g/mol. The highest BCUT2D eigenvalue weighted by Gasteiger charge is 2.12. The molecule has 0 N–H and O–H groups in total. The quantitative estimate of drug-likeness (QED) is 0.615. The van der Waals surface area contributed by atoms with E-state index < -0.39 is 0 Å². The average Bonchev–Trinajstić information content (AvgIpc) is 2.12. The van der Waals surface area contributed by atoms with Gasteiger partial charge in [0.25, 0.3) is 0 Å². The van der Waals surface area contributed by atoms with E-state index in [-0.39, 0.29) is 24.6 Å². The topological polar surface area (TPSA) is 52.6 Å². The van der Waals surface area contributed by atoms with Crippen molar-refractivity contribution in [2.75, 3.05) is 6.61 Å². The Labute approximate surface area is 84.6 Å². The van der Waals surface area contributed by atoms with E-state index in [4.69, 9.17) is 9.47 Å². The predicted octanol–water partition coefficient (Wildman–Crippen LogP) is 1.67. The lowest BCUT2D eigenvalue weighted by Gasteiger charge is -2.15. The van der Waals surface area contributed by atoms with Crippen LogP contribution in [-0.4, -0.2) is 24.6 Å². The van der Waals surface area contributed by atoms with Crippen molar-refractivity contribution in [1.82, 2.24) is 0 Å². The van der Waals surface area contributed by atoms with E-state index in [9.17, 15) is 9.59 Å². The fourth-order valence-electron chi connectivity index (χ4n) is 0.894. The van der Waals surface area contributed by atoms with Gasteiger partial charge in [0.2, 0.25) is 0 Å². The maximum Gasteiger partial charge on any atom is 0.306 e. The first-order chi connectivity index (χ1) is 6.60. The SMILES string of the molecule is CCCC(=O)OC(CC)COC(C)=O. The summed E-state index contributed by atoms with van der Waals surface area (Å²) in [6.45, 7) is 5.28. The zero-order chi connectivity index (χ0) is 11.0. The van der Waals surface area contributed by atoms with Crippen LogP contribution < -0.4 is 0 Å². The van der Waals surface area contributed by atoms with Crippen LogP contribution in [0.3, 0.4) is 0 Å². The molecular weight excluding hydrogens is 184 g/mol. The summed E-state index contributed by atoms with van der Waals surface area (Å²) in [6.07, 6.45) is 1.53. The van der Waals surface area contributed by atoms with Gasteiger partial charge in [0, 0.05) is 13.3 Å². The van der Waals surface area contributed by atoms with E-state index >= 15 is 0 Å². The first-order valence-electron chi connectivity index (χ1n) is 4.93. The zero-order valence-electron chi connectivity index (χ0n) is 9.04. The second-order valence-corrected chi connectivity index (χ2v) is 3.07. The molecule has 0 spiro atoms. The molecule has 0 aromatic heterocycles. The molecule has 0 heterocycles. The Morgan fingerprint density at radius 1 is 1.29 bits per heavy atom. The molecule has 1 unspecified atom stereocenters. The van der Waals surface area contributed by atoms with Gasteiger partial charge in [-0.15, -0.1) is 0 Å². The van der Waals surface area contributed by atoms with Crippen LogP contribution in [0.4, 0.5) is 0 Å². The second kappa shape index (κ2) is 7.35. The molecule has 0 saturated carbocycles. The van der Waals surface area contributed by atoms with Gasteiger partial charge in [-0.1, -0.05) is 13.8 Å². The molecule has 4 heteroatoms. The van der Waals surface area contributed by atoms with Crippen LogP contribution in [0.1, 0.15) is 40.0 Å². The summed E-state index contributed by atoms with van der Waals surface area (Å²) in [6, 6.07) is 0. The van der Waals surface area contributed by atoms with Crippen LogP contribution in [0.15, 0.2) is 0 Å². The second-order valence-electron chi connectivity index (χ2n) is 3.07. The zero-order valence-corrected chi connectivity index (χ0v) is 9.04. The molecule has 0 fully saturated rings. The molecule has 0 saturated heterocycles. The van der Waals surface area contributed by atoms with Gasteiger partial charge in [-0.2, -0.15) is 0 Å². The van der Waals surface area contributed by atoms with E-state index in [1.807, 2.05) is 13.8 Å². The third kappa shape index (κ3) is 6.46. The molecule has 0 aliphatic carbocycles. The highest BCUT2D eigenvalue weighted by molar-refractivity contribution is 5.69. The molecule has 0 aliphatic heterocycles. The van der Waals surface area contributed by atoms with E-state index in [1.54, 1.807) is 0 Å². The fraction of sp³-hybridized carbons (Fsp3) is 0.800. The molecule has 14 heavy (non-hydrogen) atoms. The van der Waals surface area contributed by atoms with Gasteiger partial charge in [-0.25, -0.2) is 0 Å². The van der Waals surface area contributed by atoms with Crippen molar-refractivity contribution >= 4 is 11.9 Å². The van der Waals surface area contributed by atoms with Crippen molar-refractivity contribution in [3.63, 3.8) is 0 Å². The normalized spacial score (nSPS) is 11.9. The van der Waals surface area contributed by atoms with E-state index in [1.165, 1.54) is 6.92 Å². The van der Waals surface area contributed by atoms with E-state index in [2.05, 4.69) is 0 Å². The van der Waals surface area contributed by atoms with Crippen molar-refractivity contribution in [2.45, 2.75) is 46.1 Å². The minimum absolute atomic E-state index is 0.154. The molecule has 0 radical (unpaired) electrons. The number of carbonyl (C=O) groups excluding carboxylic acids is 2. The summed E-state index contributed by atoms with van der Waals surface area (Å²) in [5, 5.41) is 0. The Morgan fingerprint density at radius 3 is 2.36 bits per heavy atom. The van der Waals surface area contributed by atoms with E-state index in [0.29, 0.717) is 12.8 Å². The van der Waals surface area contributed by atoms with Crippen LogP contribution in [0.5, 0.6) is 0 Å². The lowest BCUT2D eigenvalue weighted by molar-refractivity contribution is -0.158. The van der Waals surface area contributed by atoms with Crippen molar-refractivity contribution in [3.8, 4) is 0 Å². The van der Waals surface area contributed by atoms with Crippen LogP contribution >= 0.6 is 0 Å². The number of carbonyl (C=O) groups is 2. The Hall–Kier alpha value is -1.06. The standard InChI is InChI=1S/C10H18O4/c1-4-6-10(12)14-9(5-2)7-13-8(3)11/h9H,4-7H2,1-3H3.